The largest absolute Gasteiger partial charge is 0.390 e. The Kier molecular flexibility index (Phi) is 6.55. The van der Waals surface area contributed by atoms with Crippen molar-refractivity contribution in [2.24, 2.45) is 28.6 Å². The van der Waals surface area contributed by atoms with Crippen molar-refractivity contribution in [3.63, 3.8) is 0 Å². The van der Waals surface area contributed by atoms with Gasteiger partial charge in [0.1, 0.15) is 0 Å². The van der Waals surface area contributed by atoms with Gasteiger partial charge in [-0.05, 0) is 93.3 Å². The van der Waals surface area contributed by atoms with E-state index in [1.807, 2.05) is 4.90 Å². The van der Waals surface area contributed by atoms with Crippen molar-refractivity contribution in [2.45, 2.75) is 102 Å². The number of rotatable bonds is 5. The van der Waals surface area contributed by atoms with E-state index in [0.29, 0.717) is 19.4 Å². The van der Waals surface area contributed by atoms with Gasteiger partial charge < -0.3 is 25.0 Å². The zero-order valence-electron chi connectivity index (χ0n) is 22.0. The maximum atomic E-state index is 13.4. The van der Waals surface area contributed by atoms with Crippen LogP contribution < -0.4 is 0 Å². The summed E-state index contributed by atoms with van der Waals surface area (Å²) < 4.78 is 5.84. The summed E-state index contributed by atoms with van der Waals surface area (Å²) >= 11 is 0. The highest BCUT2D eigenvalue weighted by atomic mass is 16.5. The molecule has 10 atom stereocenters. The predicted molar refractivity (Wildman–Crippen MR) is 135 cm³/mol. The third kappa shape index (κ3) is 3.68. The Hall–Kier alpha value is -1.54. The second kappa shape index (κ2) is 9.04. The first-order valence-electron chi connectivity index (χ1n) is 13.9. The Bertz CT molecular complexity index is 957. The number of ketones is 1. The van der Waals surface area contributed by atoms with Crippen molar-refractivity contribution in [2.75, 3.05) is 13.2 Å². The second-order valence-corrected chi connectivity index (χ2v) is 12.7. The van der Waals surface area contributed by atoms with Crippen LogP contribution in [0.4, 0.5) is 0 Å². The molecule has 200 valence electrons. The van der Waals surface area contributed by atoms with Crippen LogP contribution >= 0.6 is 0 Å². The topological polar surface area (TPSA) is 107 Å². The first kappa shape index (κ1) is 26.1. The molecule has 0 bridgehead atoms. The summed E-state index contributed by atoms with van der Waals surface area (Å²) in [6.45, 7) is 11.3. The van der Waals surface area contributed by atoms with Crippen LogP contribution in [0.15, 0.2) is 24.3 Å². The quantitative estimate of drug-likeness (QED) is 0.500. The van der Waals surface area contributed by atoms with E-state index >= 15 is 0 Å². The molecule has 3 N–H and O–H groups in total. The molecular weight excluding hydrogens is 458 g/mol. The molecule has 1 amide bonds. The van der Waals surface area contributed by atoms with Gasteiger partial charge in [0.05, 0.1) is 23.9 Å². The average Bonchev–Trinajstić information content (AvgIpc) is 3.44. The lowest BCUT2D eigenvalue weighted by Crippen LogP contribution is -2.61. The van der Waals surface area contributed by atoms with Gasteiger partial charge in [-0.3, -0.25) is 9.59 Å². The third-order valence-corrected chi connectivity index (χ3v) is 11.1. The minimum atomic E-state index is -1.13. The van der Waals surface area contributed by atoms with Crippen molar-refractivity contribution < 1.29 is 29.6 Å². The number of hydrogen-bond acceptors (Lipinski definition) is 6. The highest BCUT2D eigenvalue weighted by Crippen LogP contribution is 2.67. The van der Waals surface area contributed by atoms with E-state index in [0.717, 1.165) is 44.3 Å². The van der Waals surface area contributed by atoms with Crippen LogP contribution in [0.5, 0.6) is 0 Å². The van der Waals surface area contributed by atoms with Crippen LogP contribution in [0, 0.1) is 28.6 Å². The summed E-state index contributed by atoms with van der Waals surface area (Å²) in [4.78, 5) is 28.2. The highest BCUT2D eigenvalue weighted by Gasteiger charge is 2.67. The van der Waals surface area contributed by atoms with Crippen molar-refractivity contribution in [3.8, 4) is 0 Å². The number of carbonyl (C=O) groups is 2. The predicted octanol–water partition coefficient (Wildman–Crippen LogP) is 2.77. The smallest absolute Gasteiger partial charge is 0.246 e. The van der Waals surface area contributed by atoms with E-state index in [1.54, 1.807) is 6.08 Å². The van der Waals surface area contributed by atoms with Crippen molar-refractivity contribution in [1.29, 1.82) is 0 Å². The number of nitrogens with zero attached hydrogens (tertiary/aromatic N) is 1. The Morgan fingerprint density at radius 2 is 1.97 bits per heavy atom. The first-order valence-corrected chi connectivity index (χ1v) is 13.9. The number of amides is 1. The number of ether oxygens (including phenoxy) is 1. The van der Waals surface area contributed by atoms with Gasteiger partial charge in [-0.15, -0.1) is 0 Å². The molecule has 0 aromatic rings. The number of allylic oxidation sites excluding steroid dienone is 1. The normalized spacial score (nSPS) is 46.8. The molecule has 0 aromatic heterocycles. The number of fused-ring (bicyclic) bond motifs is 5. The second-order valence-electron chi connectivity index (χ2n) is 12.7. The van der Waals surface area contributed by atoms with Gasteiger partial charge in [-0.2, -0.15) is 0 Å². The van der Waals surface area contributed by atoms with Gasteiger partial charge in [-0.1, -0.05) is 20.4 Å². The molecular formula is C29H43NO6. The molecule has 4 unspecified atom stereocenters. The fourth-order valence-electron chi connectivity index (χ4n) is 8.98. The van der Waals surface area contributed by atoms with Gasteiger partial charge in [0, 0.05) is 30.5 Å². The Morgan fingerprint density at radius 1 is 1.22 bits per heavy atom. The van der Waals surface area contributed by atoms with E-state index in [-0.39, 0.29) is 48.0 Å². The van der Waals surface area contributed by atoms with Crippen LogP contribution in [0.3, 0.4) is 0 Å². The number of aliphatic hydroxyl groups is 3. The molecule has 4 aliphatic carbocycles. The third-order valence-electron chi connectivity index (χ3n) is 11.1. The molecule has 1 aliphatic heterocycles. The lowest BCUT2D eigenvalue weighted by molar-refractivity contribution is -0.154. The minimum absolute atomic E-state index is 0.00715. The summed E-state index contributed by atoms with van der Waals surface area (Å²) in [5.41, 5.74) is -1.28. The number of aliphatic hydroxyl groups excluding tert-OH is 2. The van der Waals surface area contributed by atoms with Gasteiger partial charge in [-0.25, -0.2) is 0 Å². The molecule has 1 saturated heterocycles. The van der Waals surface area contributed by atoms with Crippen molar-refractivity contribution in [1.82, 2.24) is 4.90 Å². The SMILES string of the molecule is C=CC(=O)N(CC1CCCO1)C(C)C1CC[C@@]2(O)C3=CC(=O)[C@@H]4C[C@@H](O)[C@@H](O)C[C@]4(C)C3CC[C@]12C. The van der Waals surface area contributed by atoms with Crippen LogP contribution in [0.2, 0.25) is 0 Å². The van der Waals surface area contributed by atoms with Crippen LogP contribution in [-0.4, -0.2) is 75.0 Å². The molecule has 1 heterocycles. The molecule has 7 nitrogen and oxygen atoms in total. The van der Waals surface area contributed by atoms with E-state index in [2.05, 4.69) is 27.4 Å². The summed E-state index contributed by atoms with van der Waals surface area (Å²) in [7, 11) is 0. The summed E-state index contributed by atoms with van der Waals surface area (Å²) in [6.07, 6.45) is 6.85. The summed E-state index contributed by atoms with van der Waals surface area (Å²) in [5, 5.41) is 33.2. The molecule has 4 fully saturated rings. The van der Waals surface area contributed by atoms with E-state index in [9.17, 15) is 24.9 Å². The number of hydrogen-bond donors (Lipinski definition) is 3. The van der Waals surface area contributed by atoms with Crippen LogP contribution in [0.1, 0.15) is 72.1 Å². The summed E-state index contributed by atoms with van der Waals surface area (Å²) in [6, 6.07) is -0.106. The summed E-state index contributed by atoms with van der Waals surface area (Å²) in [5.74, 6) is -0.421. The average molecular weight is 502 g/mol. The molecule has 0 spiro atoms. The molecule has 0 aromatic carbocycles. The Morgan fingerprint density at radius 3 is 2.64 bits per heavy atom. The fraction of sp³-hybridized carbons (Fsp3) is 0.793. The molecule has 5 rings (SSSR count). The van der Waals surface area contributed by atoms with Crippen LogP contribution in [-0.2, 0) is 14.3 Å². The zero-order chi connectivity index (χ0) is 26.0. The zero-order valence-corrected chi connectivity index (χ0v) is 22.0. The molecule has 5 aliphatic rings. The molecule has 3 saturated carbocycles. The maximum absolute atomic E-state index is 13.4. The Balaban J connectivity index is 1.46. The standard InChI is InChI=1S/C29H43NO6/c1-5-26(34)30(16-18-7-6-12-36-18)17(2)19-9-11-29(35)21-13-23(31)22-14-24(32)25(33)15-27(22,3)20(21)8-10-28(19,29)4/h5,13,17-20,22,24-25,32-33,35H,1,6-12,14-16H2,2-4H3/t17?,18?,19?,20?,22-,24+,25-,27+,28+,29+/m0/s1. The van der Waals surface area contributed by atoms with Gasteiger partial charge >= 0.3 is 0 Å². The van der Waals surface area contributed by atoms with Crippen molar-refractivity contribution in [3.05, 3.63) is 24.3 Å². The maximum Gasteiger partial charge on any atom is 0.246 e. The van der Waals surface area contributed by atoms with Crippen molar-refractivity contribution >= 4 is 11.7 Å². The van der Waals surface area contributed by atoms with E-state index < -0.39 is 28.6 Å². The van der Waals surface area contributed by atoms with Gasteiger partial charge in [0.15, 0.2) is 5.78 Å². The fourth-order valence-corrected chi connectivity index (χ4v) is 8.98. The minimum Gasteiger partial charge on any atom is -0.390 e. The number of carbonyl (C=O) groups excluding carboxylic acids is 2. The molecule has 36 heavy (non-hydrogen) atoms. The molecule has 7 heteroatoms. The van der Waals surface area contributed by atoms with E-state index in [1.165, 1.54) is 6.08 Å². The molecule has 0 radical (unpaired) electrons. The van der Waals surface area contributed by atoms with E-state index in [4.69, 9.17) is 4.74 Å². The lowest BCUT2D eigenvalue weighted by atomic mass is 9.46. The van der Waals surface area contributed by atoms with Gasteiger partial charge in [0.25, 0.3) is 0 Å². The van der Waals surface area contributed by atoms with Gasteiger partial charge in [0.2, 0.25) is 5.91 Å². The lowest BCUT2D eigenvalue weighted by Gasteiger charge is -2.60. The Labute approximate surface area is 214 Å². The first-order chi connectivity index (χ1) is 17.0. The monoisotopic (exact) mass is 501 g/mol. The highest BCUT2D eigenvalue weighted by molar-refractivity contribution is 5.95. The van der Waals surface area contributed by atoms with Crippen LogP contribution in [0.25, 0.3) is 0 Å².